The van der Waals surface area contributed by atoms with Gasteiger partial charge in [-0.1, -0.05) is 29.3 Å². The highest BCUT2D eigenvalue weighted by Gasteiger charge is 2.44. The summed E-state index contributed by atoms with van der Waals surface area (Å²) in [4.78, 5) is 15.0. The van der Waals surface area contributed by atoms with E-state index in [0.29, 0.717) is 23.0 Å². The molecule has 1 aliphatic heterocycles. The van der Waals surface area contributed by atoms with Crippen LogP contribution in [0.1, 0.15) is 51.0 Å². The van der Waals surface area contributed by atoms with Crippen molar-refractivity contribution in [3.63, 3.8) is 0 Å². The predicted molar refractivity (Wildman–Crippen MR) is 106 cm³/mol. The molecule has 1 heterocycles. The van der Waals surface area contributed by atoms with Crippen molar-refractivity contribution in [3.8, 4) is 0 Å². The molecule has 2 aliphatic rings. The van der Waals surface area contributed by atoms with E-state index in [4.69, 9.17) is 23.2 Å². The molecule has 1 aromatic carbocycles. The lowest BCUT2D eigenvalue weighted by atomic mass is 9.73. The molecule has 0 aromatic heterocycles. The number of nitrogens with zero attached hydrogens (tertiary/aromatic N) is 1. The second kappa shape index (κ2) is 8.05. The van der Waals surface area contributed by atoms with E-state index in [9.17, 15) is 9.90 Å². The van der Waals surface area contributed by atoms with Gasteiger partial charge in [0.15, 0.2) is 0 Å². The Morgan fingerprint density at radius 3 is 2.42 bits per heavy atom. The number of halogens is 2. The third-order valence-electron chi connectivity index (χ3n) is 6.00. The van der Waals surface area contributed by atoms with Crippen LogP contribution in [0.2, 0.25) is 10.0 Å². The third kappa shape index (κ3) is 4.72. The first-order valence-corrected chi connectivity index (χ1v) is 10.2. The fraction of sp³-hybridized carbons (Fsp3) is 0.650. The summed E-state index contributed by atoms with van der Waals surface area (Å²) in [5, 5.41) is 14.5. The summed E-state index contributed by atoms with van der Waals surface area (Å²) in [6, 6.07) is 5.31. The van der Waals surface area contributed by atoms with Crippen molar-refractivity contribution in [2.45, 2.75) is 63.0 Å². The van der Waals surface area contributed by atoms with Crippen molar-refractivity contribution in [2.24, 2.45) is 0 Å². The lowest BCUT2D eigenvalue weighted by molar-refractivity contribution is -0.121. The zero-order valence-electron chi connectivity index (χ0n) is 15.4. The van der Waals surface area contributed by atoms with Gasteiger partial charge in [0.25, 0.3) is 0 Å². The van der Waals surface area contributed by atoms with Crippen molar-refractivity contribution in [1.82, 2.24) is 10.2 Å². The number of hydrogen-bond donors (Lipinski definition) is 2. The van der Waals surface area contributed by atoms with Gasteiger partial charge in [0, 0.05) is 12.1 Å². The van der Waals surface area contributed by atoms with Crippen molar-refractivity contribution in [2.75, 3.05) is 19.6 Å². The summed E-state index contributed by atoms with van der Waals surface area (Å²) in [5.41, 5.74) is 0.262. The predicted octanol–water partition coefficient (Wildman–Crippen LogP) is 3.81. The quantitative estimate of drug-likeness (QED) is 0.792. The smallest absolute Gasteiger partial charge is 0.224 e. The molecular formula is C20H28Cl2N2O2. The zero-order valence-corrected chi connectivity index (χ0v) is 16.9. The molecule has 1 saturated carbocycles. The third-order valence-corrected chi connectivity index (χ3v) is 6.74. The van der Waals surface area contributed by atoms with E-state index in [2.05, 4.69) is 10.2 Å². The van der Waals surface area contributed by atoms with Crippen LogP contribution in [0.15, 0.2) is 18.2 Å². The standard InChI is InChI=1S/C20H28Cl2N2O2/c1-19(26)6-8-20(9-7-19,24-10-2-3-11-24)14-23-18(25)13-15-4-5-16(21)17(22)12-15/h4-5,12,26H,2-3,6-11,13-14H2,1H3,(H,23,25). The van der Waals surface area contributed by atoms with E-state index < -0.39 is 5.60 Å². The molecule has 1 aliphatic carbocycles. The zero-order chi connectivity index (χ0) is 18.8. The molecule has 0 radical (unpaired) electrons. The molecule has 0 unspecified atom stereocenters. The van der Waals surface area contributed by atoms with Gasteiger partial charge in [0.2, 0.25) is 5.91 Å². The van der Waals surface area contributed by atoms with E-state index >= 15 is 0 Å². The number of amides is 1. The molecule has 2 fully saturated rings. The summed E-state index contributed by atoms with van der Waals surface area (Å²) < 4.78 is 0. The number of carbonyl (C=O) groups is 1. The van der Waals surface area contributed by atoms with Crippen LogP contribution in [0, 0.1) is 0 Å². The van der Waals surface area contributed by atoms with Crippen LogP contribution in [0.25, 0.3) is 0 Å². The van der Waals surface area contributed by atoms with Gasteiger partial charge in [-0.15, -0.1) is 0 Å². The molecular weight excluding hydrogens is 371 g/mol. The molecule has 0 atom stereocenters. The Labute approximate surface area is 165 Å². The molecule has 0 bridgehead atoms. The van der Waals surface area contributed by atoms with Crippen molar-refractivity contribution >= 4 is 29.1 Å². The van der Waals surface area contributed by atoms with E-state index in [1.165, 1.54) is 12.8 Å². The first kappa shape index (κ1) is 19.9. The number of aliphatic hydroxyl groups is 1. The number of benzene rings is 1. The van der Waals surface area contributed by atoms with Crippen molar-refractivity contribution < 1.29 is 9.90 Å². The maximum absolute atomic E-state index is 12.5. The summed E-state index contributed by atoms with van der Waals surface area (Å²) in [6.45, 7) is 4.74. The number of carbonyl (C=O) groups excluding carboxylic acids is 1. The highest BCUT2D eigenvalue weighted by molar-refractivity contribution is 6.42. The van der Waals surface area contributed by atoms with Gasteiger partial charge in [0.1, 0.15) is 0 Å². The number of likely N-dealkylation sites (tertiary alicyclic amines) is 1. The molecule has 1 saturated heterocycles. The Kier molecular flexibility index (Phi) is 6.18. The fourth-order valence-electron chi connectivity index (χ4n) is 4.21. The second-order valence-corrected chi connectivity index (χ2v) is 8.93. The van der Waals surface area contributed by atoms with E-state index in [0.717, 1.165) is 44.3 Å². The lowest BCUT2D eigenvalue weighted by Crippen LogP contribution is -2.58. The molecule has 1 aromatic rings. The first-order valence-electron chi connectivity index (χ1n) is 9.48. The summed E-state index contributed by atoms with van der Waals surface area (Å²) >= 11 is 12.0. The minimum Gasteiger partial charge on any atom is -0.390 e. The molecule has 2 N–H and O–H groups in total. The van der Waals surface area contributed by atoms with Gasteiger partial charge in [-0.2, -0.15) is 0 Å². The Bertz CT molecular complexity index is 647. The summed E-state index contributed by atoms with van der Waals surface area (Å²) in [7, 11) is 0. The van der Waals surface area contributed by atoms with Gasteiger partial charge >= 0.3 is 0 Å². The van der Waals surface area contributed by atoms with Gasteiger partial charge in [0.05, 0.1) is 22.1 Å². The SMILES string of the molecule is CC1(O)CCC(CNC(=O)Cc2ccc(Cl)c(Cl)c2)(N2CCCC2)CC1. The van der Waals surface area contributed by atoms with E-state index in [-0.39, 0.29) is 11.4 Å². The monoisotopic (exact) mass is 398 g/mol. The topological polar surface area (TPSA) is 52.6 Å². The average Bonchev–Trinajstić information content (AvgIpc) is 3.13. The van der Waals surface area contributed by atoms with Crippen LogP contribution in [0.5, 0.6) is 0 Å². The highest BCUT2D eigenvalue weighted by atomic mass is 35.5. The van der Waals surface area contributed by atoms with Crippen LogP contribution >= 0.6 is 23.2 Å². The molecule has 6 heteroatoms. The number of hydrogen-bond acceptors (Lipinski definition) is 3. The van der Waals surface area contributed by atoms with Crippen LogP contribution < -0.4 is 5.32 Å². The highest BCUT2D eigenvalue weighted by Crippen LogP contribution is 2.39. The van der Waals surface area contributed by atoms with Crippen LogP contribution in [-0.2, 0) is 11.2 Å². The average molecular weight is 399 g/mol. The Morgan fingerprint density at radius 1 is 1.15 bits per heavy atom. The molecule has 0 spiro atoms. The Balaban J connectivity index is 1.62. The minimum absolute atomic E-state index is 0.000653. The van der Waals surface area contributed by atoms with Gasteiger partial charge < -0.3 is 10.4 Å². The molecule has 1 amide bonds. The Morgan fingerprint density at radius 2 is 1.81 bits per heavy atom. The molecule has 144 valence electrons. The second-order valence-electron chi connectivity index (χ2n) is 8.12. The van der Waals surface area contributed by atoms with E-state index in [1.807, 2.05) is 13.0 Å². The lowest BCUT2D eigenvalue weighted by Gasteiger charge is -2.48. The normalized spacial score (nSPS) is 29.7. The van der Waals surface area contributed by atoms with Gasteiger partial charge in [-0.05, 0) is 76.2 Å². The summed E-state index contributed by atoms with van der Waals surface area (Å²) in [5.74, 6) is -0.000653. The fourth-order valence-corrected chi connectivity index (χ4v) is 4.53. The maximum Gasteiger partial charge on any atom is 0.224 e. The van der Waals surface area contributed by atoms with E-state index in [1.54, 1.807) is 12.1 Å². The Hall–Kier alpha value is -0.810. The number of nitrogens with one attached hydrogen (secondary N) is 1. The largest absolute Gasteiger partial charge is 0.390 e. The van der Waals surface area contributed by atoms with Crippen molar-refractivity contribution in [1.29, 1.82) is 0 Å². The molecule has 3 rings (SSSR count). The maximum atomic E-state index is 12.5. The van der Waals surface area contributed by atoms with Crippen LogP contribution in [0.4, 0.5) is 0 Å². The van der Waals surface area contributed by atoms with Gasteiger partial charge in [-0.3, -0.25) is 9.69 Å². The minimum atomic E-state index is -0.576. The molecule has 4 nitrogen and oxygen atoms in total. The molecule has 26 heavy (non-hydrogen) atoms. The van der Waals surface area contributed by atoms with Crippen LogP contribution in [0.3, 0.4) is 0 Å². The first-order chi connectivity index (χ1) is 12.3. The summed E-state index contributed by atoms with van der Waals surface area (Å²) in [6.07, 6.45) is 6.15. The van der Waals surface area contributed by atoms with Crippen molar-refractivity contribution in [3.05, 3.63) is 33.8 Å². The van der Waals surface area contributed by atoms with Crippen LogP contribution in [-0.4, -0.2) is 46.7 Å². The number of rotatable bonds is 5. The van der Waals surface area contributed by atoms with Gasteiger partial charge in [-0.25, -0.2) is 0 Å².